The van der Waals surface area contributed by atoms with E-state index in [1.165, 1.54) is 25.0 Å². The van der Waals surface area contributed by atoms with E-state index in [0.717, 1.165) is 10.5 Å². The smallest absolute Gasteiger partial charge is 0.303 e. The van der Waals surface area contributed by atoms with E-state index in [9.17, 15) is 14.9 Å². The van der Waals surface area contributed by atoms with E-state index in [1.807, 2.05) is 0 Å². The van der Waals surface area contributed by atoms with Gasteiger partial charge in [0.15, 0.2) is 0 Å². The molecule has 1 aliphatic rings. The van der Waals surface area contributed by atoms with Crippen molar-refractivity contribution in [1.82, 2.24) is 0 Å². The van der Waals surface area contributed by atoms with Crippen molar-refractivity contribution in [3.63, 3.8) is 0 Å². The van der Waals surface area contributed by atoms with Gasteiger partial charge in [-0.3, -0.25) is 19.9 Å². The molecule has 1 saturated carbocycles. The van der Waals surface area contributed by atoms with Gasteiger partial charge >= 0.3 is 5.97 Å². The molecule has 0 spiro atoms. The monoisotopic (exact) mass is 308 g/mol. The lowest BCUT2D eigenvalue weighted by Gasteiger charge is -2.04. The number of rotatable bonds is 8. The largest absolute Gasteiger partial charge is 0.481 e. The maximum atomic E-state index is 10.8. The van der Waals surface area contributed by atoms with Crippen LogP contribution in [-0.2, 0) is 4.79 Å². The summed E-state index contributed by atoms with van der Waals surface area (Å²) in [5.41, 5.74) is 0.776. The van der Waals surface area contributed by atoms with Gasteiger partial charge in [-0.25, -0.2) is 0 Å². The van der Waals surface area contributed by atoms with Crippen LogP contribution >= 0.6 is 11.8 Å². The van der Waals surface area contributed by atoms with Crippen LogP contribution in [0.1, 0.15) is 31.2 Å². The van der Waals surface area contributed by atoms with Crippen molar-refractivity contribution in [2.24, 2.45) is 4.99 Å². The highest BCUT2D eigenvalue weighted by atomic mass is 32.2. The van der Waals surface area contributed by atoms with Crippen LogP contribution in [0.15, 0.2) is 28.1 Å². The second-order valence-corrected chi connectivity index (χ2v) is 6.17. The van der Waals surface area contributed by atoms with Gasteiger partial charge in [-0.1, -0.05) is 0 Å². The summed E-state index contributed by atoms with van der Waals surface area (Å²) in [6.45, 7) is 0.405. The summed E-state index contributed by atoms with van der Waals surface area (Å²) in [5, 5.41) is 20.0. The van der Waals surface area contributed by atoms with E-state index < -0.39 is 10.9 Å². The average molecular weight is 308 g/mol. The molecule has 112 valence electrons. The molecule has 0 saturated heterocycles. The number of nitro benzene ring substituents is 1. The van der Waals surface area contributed by atoms with E-state index in [-0.39, 0.29) is 12.1 Å². The summed E-state index contributed by atoms with van der Waals surface area (Å²) in [6, 6.07) is 4.79. The lowest BCUT2D eigenvalue weighted by atomic mass is 10.2. The second-order valence-electron chi connectivity index (χ2n) is 4.83. The summed E-state index contributed by atoms with van der Waals surface area (Å²) in [7, 11) is 0. The van der Waals surface area contributed by atoms with E-state index in [0.29, 0.717) is 18.2 Å². The number of carboxylic acid groups (broad SMARTS) is 1. The van der Waals surface area contributed by atoms with Gasteiger partial charge in [-0.05, 0) is 25.3 Å². The molecule has 1 fully saturated rings. The number of aliphatic imine (C=N–C) groups is 1. The number of hydrogen-bond acceptors (Lipinski definition) is 5. The predicted molar refractivity (Wildman–Crippen MR) is 81.3 cm³/mol. The molecule has 0 aromatic heterocycles. The number of carboxylic acids is 1. The molecule has 6 nitrogen and oxygen atoms in total. The van der Waals surface area contributed by atoms with E-state index in [4.69, 9.17) is 5.11 Å². The van der Waals surface area contributed by atoms with Gasteiger partial charge in [0, 0.05) is 47.0 Å². The lowest BCUT2D eigenvalue weighted by Crippen LogP contribution is -1.96. The molecule has 0 atom stereocenters. The first-order valence-corrected chi connectivity index (χ1v) is 7.61. The van der Waals surface area contributed by atoms with Gasteiger partial charge in [0.1, 0.15) is 0 Å². The minimum atomic E-state index is -0.842. The molecule has 21 heavy (non-hydrogen) atoms. The molecule has 0 amide bonds. The molecule has 0 radical (unpaired) electrons. The number of hydrogen-bond donors (Lipinski definition) is 1. The number of nitrogens with zero attached hydrogens (tertiary/aromatic N) is 2. The Bertz CT molecular complexity index is 570. The molecule has 2 rings (SSSR count). The summed E-state index contributed by atoms with van der Waals surface area (Å²) in [4.78, 5) is 26.0. The Balaban J connectivity index is 2.05. The van der Waals surface area contributed by atoms with Crippen LogP contribution < -0.4 is 0 Å². The first kappa shape index (κ1) is 15.5. The maximum Gasteiger partial charge on any atom is 0.303 e. The van der Waals surface area contributed by atoms with Gasteiger partial charge in [0.25, 0.3) is 5.69 Å². The van der Waals surface area contributed by atoms with Crippen LogP contribution in [-0.4, -0.2) is 34.0 Å². The quantitative estimate of drug-likeness (QED) is 0.345. The van der Waals surface area contributed by atoms with Crippen LogP contribution in [0, 0.1) is 10.1 Å². The molecular weight excluding hydrogens is 292 g/mol. The highest BCUT2D eigenvalue weighted by molar-refractivity contribution is 8.00. The van der Waals surface area contributed by atoms with Crippen molar-refractivity contribution >= 4 is 29.6 Å². The fourth-order valence-corrected chi connectivity index (χ4v) is 2.83. The fourth-order valence-electron chi connectivity index (χ4n) is 1.71. The molecule has 0 unspecified atom stereocenters. The molecule has 0 bridgehead atoms. The predicted octanol–water partition coefficient (Wildman–Crippen LogP) is 3.13. The minimum Gasteiger partial charge on any atom is -0.481 e. The highest BCUT2D eigenvalue weighted by Gasteiger charge is 2.24. The van der Waals surface area contributed by atoms with Gasteiger partial charge in [-0.2, -0.15) is 0 Å². The molecular formula is C14H16N2O4S. The van der Waals surface area contributed by atoms with Crippen LogP contribution in [0.5, 0.6) is 0 Å². The van der Waals surface area contributed by atoms with Crippen LogP contribution in [0.2, 0.25) is 0 Å². The number of aliphatic carboxylic acids is 1. The van der Waals surface area contributed by atoms with Gasteiger partial charge in [0.05, 0.1) is 4.92 Å². The van der Waals surface area contributed by atoms with Crippen molar-refractivity contribution in [3.8, 4) is 0 Å². The standard InChI is InChI=1S/C14H16N2O4S/c17-14(18)2-1-7-15-9-10-8-11(16(19)20)3-6-13(10)21-12-4-5-12/h3,6,8-9,12H,1-2,4-5,7H2,(H,17,18)/b15-9+. The van der Waals surface area contributed by atoms with Crippen molar-refractivity contribution in [2.45, 2.75) is 35.8 Å². The Morgan fingerprint density at radius 3 is 2.90 bits per heavy atom. The number of nitro groups is 1. The Labute approximate surface area is 126 Å². The summed E-state index contributed by atoms with van der Waals surface area (Å²) < 4.78 is 0. The summed E-state index contributed by atoms with van der Waals surface area (Å²) in [5.74, 6) is -0.842. The Morgan fingerprint density at radius 1 is 1.52 bits per heavy atom. The zero-order chi connectivity index (χ0) is 15.2. The Kier molecular flexibility index (Phi) is 5.32. The third kappa shape index (κ3) is 5.18. The lowest BCUT2D eigenvalue weighted by molar-refractivity contribution is -0.384. The molecule has 0 aliphatic heterocycles. The highest BCUT2D eigenvalue weighted by Crippen LogP contribution is 2.40. The molecule has 1 aromatic rings. The summed E-state index contributed by atoms with van der Waals surface area (Å²) in [6.07, 6.45) is 4.51. The van der Waals surface area contributed by atoms with Gasteiger partial charge in [-0.15, -0.1) is 11.8 Å². The molecule has 1 aromatic carbocycles. The average Bonchev–Trinajstić information content (AvgIpc) is 3.23. The van der Waals surface area contributed by atoms with Crippen molar-refractivity contribution < 1.29 is 14.8 Å². The Hall–Kier alpha value is -1.89. The minimum absolute atomic E-state index is 0.0436. The normalized spacial score (nSPS) is 14.5. The van der Waals surface area contributed by atoms with Gasteiger partial charge < -0.3 is 5.11 Å². The third-order valence-electron chi connectivity index (χ3n) is 2.93. The molecule has 7 heteroatoms. The van der Waals surface area contributed by atoms with Gasteiger partial charge in [0.2, 0.25) is 0 Å². The zero-order valence-electron chi connectivity index (χ0n) is 11.4. The molecule has 1 N–H and O–H groups in total. The topological polar surface area (TPSA) is 92.8 Å². The van der Waals surface area contributed by atoms with Crippen LogP contribution in [0.4, 0.5) is 5.69 Å². The first-order chi connectivity index (χ1) is 10.1. The summed E-state index contributed by atoms with van der Waals surface area (Å²) >= 11 is 1.72. The number of carbonyl (C=O) groups is 1. The van der Waals surface area contributed by atoms with Crippen molar-refractivity contribution in [3.05, 3.63) is 33.9 Å². The first-order valence-electron chi connectivity index (χ1n) is 6.73. The maximum absolute atomic E-state index is 10.8. The van der Waals surface area contributed by atoms with E-state index >= 15 is 0 Å². The second kappa shape index (κ2) is 7.21. The third-order valence-corrected chi connectivity index (χ3v) is 4.36. The zero-order valence-corrected chi connectivity index (χ0v) is 12.2. The van der Waals surface area contributed by atoms with Crippen molar-refractivity contribution in [1.29, 1.82) is 0 Å². The SMILES string of the molecule is O=C(O)CCC/N=C/c1cc([N+](=O)[O-])ccc1SC1CC1. The molecule has 0 heterocycles. The number of thioether (sulfide) groups is 1. The Morgan fingerprint density at radius 2 is 2.29 bits per heavy atom. The fraction of sp³-hybridized carbons (Fsp3) is 0.429. The van der Waals surface area contributed by atoms with Crippen LogP contribution in [0.25, 0.3) is 0 Å². The number of benzene rings is 1. The van der Waals surface area contributed by atoms with E-state index in [2.05, 4.69) is 4.99 Å². The number of non-ortho nitro benzene ring substituents is 1. The molecule has 1 aliphatic carbocycles. The van der Waals surface area contributed by atoms with Crippen molar-refractivity contribution in [2.75, 3.05) is 6.54 Å². The van der Waals surface area contributed by atoms with E-state index in [1.54, 1.807) is 24.0 Å². The van der Waals surface area contributed by atoms with Crippen LogP contribution in [0.3, 0.4) is 0 Å².